The summed E-state index contributed by atoms with van der Waals surface area (Å²) < 4.78 is 10.9. The Hall–Kier alpha value is -2.69. The van der Waals surface area contributed by atoms with Crippen molar-refractivity contribution in [2.75, 3.05) is 13.2 Å². The van der Waals surface area contributed by atoms with E-state index < -0.39 is 0 Å². The van der Waals surface area contributed by atoms with Gasteiger partial charge in [-0.05, 0) is 37.1 Å². The van der Waals surface area contributed by atoms with Crippen molar-refractivity contribution < 1.29 is 24.5 Å². The van der Waals surface area contributed by atoms with Gasteiger partial charge in [-0.25, -0.2) is 0 Å². The highest BCUT2D eigenvalue weighted by molar-refractivity contribution is 6.11. The van der Waals surface area contributed by atoms with Crippen LogP contribution in [-0.4, -0.2) is 29.2 Å². The molecule has 5 heteroatoms. The molecule has 0 aliphatic rings. The SMILES string of the molecule is CCCOc1cccc(C(=O)c2ccc(O)c(OCCC)c2O)c1. The molecule has 0 heterocycles. The monoisotopic (exact) mass is 330 g/mol. The molecule has 0 aliphatic heterocycles. The maximum absolute atomic E-state index is 12.7. The third kappa shape index (κ3) is 3.98. The summed E-state index contributed by atoms with van der Waals surface area (Å²) in [7, 11) is 0. The summed E-state index contributed by atoms with van der Waals surface area (Å²) in [6, 6.07) is 9.51. The summed E-state index contributed by atoms with van der Waals surface area (Å²) in [5.41, 5.74) is 0.470. The highest BCUT2D eigenvalue weighted by Gasteiger charge is 2.20. The Balaban J connectivity index is 2.32. The maximum Gasteiger partial charge on any atom is 0.203 e. The van der Waals surface area contributed by atoms with E-state index in [1.165, 1.54) is 12.1 Å². The number of phenols is 2. The van der Waals surface area contributed by atoms with Gasteiger partial charge in [0.1, 0.15) is 5.75 Å². The van der Waals surface area contributed by atoms with E-state index in [-0.39, 0.29) is 28.6 Å². The van der Waals surface area contributed by atoms with Crippen molar-refractivity contribution in [2.45, 2.75) is 26.7 Å². The fourth-order valence-corrected chi connectivity index (χ4v) is 2.19. The van der Waals surface area contributed by atoms with Crippen molar-refractivity contribution in [2.24, 2.45) is 0 Å². The maximum atomic E-state index is 12.7. The normalized spacial score (nSPS) is 10.4. The number of ketones is 1. The highest BCUT2D eigenvalue weighted by atomic mass is 16.5. The lowest BCUT2D eigenvalue weighted by atomic mass is 10.0. The van der Waals surface area contributed by atoms with Crippen molar-refractivity contribution >= 4 is 5.78 Å². The molecule has 0 saturated heterocycles. The first-order chi connectivity index (χ1) is 11.6. The Morgan fingerprint density at radius 1 is 1.00 bits per heavy atom. The first-order valence-electron chi connectivity index (χ1n) is 8.03. The summed E-state index contributed by atoms with van der Waals surface area (Å²) in [5.74, 6) is -0.383. The van der Waals surface area contributed by atoms with Crippen LogP contribution in [0.4, 0.5) is 0 Å². The molecular weight excluding hydrogens is 308 g/mol. The van der Waals surface area contributed by atoms with Crippen molar-refractivity contribution in [3.63, 3.8) is 0 Å². The number of carbonyl (C=O) groups excluding carboxylic acids is 1. The molecule has 0 spiro atoms. The van der Waals surface area contributed by atoms with Crippen molar-refractivity contribution in [3.05, 3.63) is 47.5 Å². The molecule has 0 bridgehead atoms. The van der Waals surface area contributed by atoms with Crippen LogP contribution in [0.2, 0.25) is 0 Å². The largest absolute Gasteiger partial charge is 0.504 e. The third-order valence-corrected chi connectivity index (χ3v) is 3.37. The van der Waals surface area contributed by atoms with Crippen LogP contribution in [0.5, 0.6) is 23.0 Å². The first kappa shape index (κ1) is 17.7. The Bertz CT molecular complexity index is 709. The number of rotatable bonds is 8. The smallest absolute Gasteiger partial charge is 0.203 e. The number of benzene rings is 2. The van der Waals surface area contributed by atoms with Crippen LogP contribution in [0.25, 0.3) is 0 Å². The number of aromatic hydroxyl groups is 2. The fourth-order valence-electron chi connectivity index (χ4n) is 2.19. The molecule has 128 valence electrons. The lowest BCUT2D eigenvalue weighted by Crippen LogP contribution is -2.05. The number of ether oxygens (including phenoxy) is 2. The van der Waals surface area contributed by atoms with Gasteiger partial charge >= 0.3 is 0 Å². The number of carbonyl (C=O) groups is 1. The quantitative estimate of drug-likeness (QED) is 0.718. The second-order valence-corrected chi connectivity index (χ2v) is 5.36. The highest BCUT2D eigenvalue weighted by Crippen LogP contribution is 2.39. The Labute approximate surface area is 141 Å². The van der Waals surface area contributed by atoms with E-state index in [0.29, 0.717) is 30.9 Å². The van der Waals surface area contributed by atoms with Crippen molar-refractivity contribution in [1.82, 2.24) is 0 Å². The Kier molecular flexibility index (Phi) is 6.07. The molecule has 5 nitrogen and oxygen atoms in total. The average Bonchev–Trinajstić information content (AvgIpc) is 2.59. The van der Waals surface area contributed by atoms with Crippen LogP contribution in [0.15, 0.2) is 36.4 Å². The molecule has 0 aliphatic carbocycles. The zero-order valence-electron chi connectivity index (χ0n) is 13.9. The molecule has 2 aromatic carbocycles. The second-order valence-electron chi connectivity index (χ2n) is 5.36. The summed E-state index contributed by atoms with van der Waals surface area (Å²) in [6.07, 6.45) is 1.59. The first-order valence-corrected chi connectivity index (χ1v) is 8.03. The van der Waals surface area contributed by atoms with Gasteiger partial charge in [0, 0.05) is 5.56 Å². The van der Waals surface area contributed by atoms with Crippen molar-refractivity contribution in [1.29, 1.82) is 0 Å². The van der Waals surface area contributed by atoms with Crippen LogP contribution in [0.3, 0.4) is 0 Å². The van der Waals surface area contributed by atoms with E-state index in [0.717, 1.165) is 6.42 Å². The van der Waals surface area contributed by atoms with Gasteiger partial charge in [0.05, 0.1) is 18.8 Å². The third-order valence-electron chi connectivity index (χ3n) is 3.37. The van der Waals surface area contributed by atoms with Gasteiger partial charge in [-0.2, -0.15) is 0 Å². The summed E-state index contributed by atoms with van der Waals surface area (Å²) in [4.78, 5) is 12.7. The van der Waals surface area contributed by atoms with E-state index in [4.69, 9.17) is 9.47 Å². The zero-order chi connectivity index (χ0) is 17.5. The molecule has 0 amide bonds. The van der Waals surface area contributed by atoms with Gasteiger partial charge in [0.15, 0.2) is 17.3 Å². The van der Waals surface area contributed by atoms with Crippen LogP contribution < -0.4 is 9.47 Å². The predicted octanol–water partition coefficient (Wildman–Crippen LogP) is 3.91. The minimum atomic E-state index is -0.365. The molecule has 0 fully saturated rings. The summed E-state index contributed by atoms with van der Waals surface area (Å²) >= 11 is 0. The van der Waals surface area contributed by atoms with E-state index in [1.807, 2.05) is 13.8 Å². The van der Waals surface area contributed by atoms with Crippen LogP contribution >= 0.6 is 0 Å². The van der Waals surface area contributed by atoms with E-state index >= 15 is 0 Å². The van der Waals surface area contributed by atoms with Gasteiger partial charge in [-0.3, -0.25) is 4.79 Å². The lowest BCUT2D eigenvalue weighted by molar-refractivity contribution is 0.103. The number of hydrogen-bond donors (Lipinski definition) is 2. The van der Waals surface area contributed by atoms with Crippen molar-refractivity contribution in [3.8, 4) is 23.0 Å². The number of phenolic OH excluding ortho intramolecular Hbond substituents is 2. The topological polar surface area (TPSA) is 76.0 Å². The van der Waals surface area contributed by atoms with Gasteiger partial charge < -0.3 is 19.7 Å². The predicted molar refractivity (Wildman–Crippen MR) is 91.2 cm³/mol. The number of hydrogen-bond acceptors (Lipinski definition) is 5. The fraction of sp³-hybridized carbons (Fsp3) is 0.316. The average molecular weight is 330 g/mol. The standard InChI is InChI=1S/C19H22O5/c1-3-10-23-14-7-5-6-13(12-14)17(21)15-8-9-16(20)19(18(15)22)24-11-4-2/h5-9,12,20,22H,3-4,10-11H2,1-2H3. The molecule has 0 radical (unpaired) electrons. The van der Waals surface area contributed by atoms with E-state index in [9.17, 15) is 15.0 Å². The molecule has 0 unspecified atom stereocenters. The molecule has 2 rings (SSSR count). The molecule has 0 aromatic heterocycles. The Morgan fingerprint density at radius 2 is 1.71 bits per heavy atom. The molecule has 2 aromatic rings. The summed E-state index contributed by atoms with van der Waals surface area (Å²) in [5, 5.41) is 20.1. The van der Waals surface area contributed by atoms with Gasteiger partial charge in [0.25, 0.3) is 0 Å². The Morgan fingerprint density at radius 3 is 2.42 bits per heavy atom. The lowest BCUT2D eigenvalue weighted by Gasteiger charge is -2.12. The van der Waals surface area contributed by atoms with Crippen LogP contribution in [0, 0.1) is 0 Å². The van der Waals surface area contributed by atoms with Gasteiger partial charge in [-0.1, -0.05) is 26.0 Å². The van der Waals surface area contributed by atoms with E-state index in [2.05, 4.69) is 0 Å². The van der Waals surface area contributed by atoms with Crippen LogP contribution in [0.1, 0.15) is 42.6 Å². The second kappa shape index (κ2) is 8.24. The minimum Gasteiger partial charge on any atom is -0.504 e. The molecule has 24 heavy (non-hydrogen) atoms. The molecule has 2 N–H and O–H groups in total. The van der Waals surface area contributed by atoms with Gasteiger partial charge in [-0.15, -0.1) is 0 Å². The van der Waals surface area contributed by atoms with Crippen LogP contribution in [-0.2, 0) is 0 Å². The molecule has 0 saturated carbocycles. The molecule has 0 atom stereocenters. The summed E-state index contributed by atoms with van der Waals surface area (Å²) in [6.45, 7) is 4.81. The minimum absolute atomic E-state index is 0.0684. The van der Waals surface area contributed by atoms with Gasteiger partial charge in [0.2, 0.25) is 5.75 Å². The van der Waals surface area contributed by atoms with E-state index in [1.54, 1.807) is 24.3 Å². The zero-order valence-corrected chi connectivity index (χ0v) is 13.9. The molecular formula is C19H22O5.